The predicted molar refractivity (Wildman–Crippen MR) is 128 cm³/mol. The molecule has 2 fully saturated rings. The van der Waals surface area contributed by atoms with Crippen LogP contribution in [0.4, 0.5) is 6.01 Å². The van der Waals surface area contributed by atoms with Gasteiger partial charge in [0.25, 0.3) is 11.9 Å². The van der Waals surface area contributed by atoms with Crippen LogP contribution in [-0.4, -0.2) is 47.0 Å². The van der Waals surface area contributed by atoms with E-state index in [-0.39, 0.29) is 11.9 Å². The summed E-state index contributed by atoms with van der Waals surface area (Å²) in [6.07, 6.45) is 1.17. The molecule has 0 bridgehead atoms. The van der Waals surface area contributed by atoms with Gasteiger partial charge in [0.1, 0.15) is 17.0 Å². The van der Waals surface area contributed by atoms with Gasteiger partial charge in [0.15, 0.2) is 5.58 Å². The lowest BCUT2D eigenvalue weighted by atomic mass is 10.1. The lowest BCUT2D eigenvalue weighted by Crippen LogP contribution is -2.42. The second kappa shape index (κ2) is 7.88. The summed E-state index contributed by atoms with van der Waals surface area (Å²) in [4.78, 5) is 25.7. The normalized spacial score (nSPS) is 21.3. The van der Waals surface area contributed by atoms with Crippen LogP contribution in [-0.2, 0) is 0 Å². The lowest BCUT2D eigenvalue weighted by molar-refractivity contribution is 0.0710. The second-order valence-corrected chi connectivity index (χ2v) is 9.90. The number of piperidine rings is 1. The molecule has 1 N–H and O–H groups in total. The number of benzene rings is 2. The minimum absolute atomic E-state index is 0.00580. The van der Waals surface area contributed by atoms with E-state index in [2.05, 4.69) is 15.3 Å². The molecule has 6 rings (SSSR count). The summed E-state index contributed by atoms with van der Waals surface area (Å²) in [6, 6.07) is 16.1. The van der Waals surface area contributed by atoms with Crippen molar-refractivity contribution in [1.29, 1.82) is 0 Å². The van der Waals surface area contributed by atoms with Crippen molar-refractivity contribution >= 4 is 34.4 Å². The maximum absolute atomic E-state index is 13.7. The first-order valence-electron chi connectivity index (χ1n) is 11.1. The number of methoxy groups -OCH3 is 1. The highest BCUT2D eigenvalue weighted by Gasteiger charge is 2.54. The van der Waals surface area contributed by atoms with Crippen molar-refractivity contribution in [1.82, 2.24) is 14.9 Å². The summed E-state index contributed by atoms with van der Waals surface area (Å²) in [5.74, 6) is 1.85. The van der Waals surface area contributed by atoms with E-state index in [4.69, 9.17) is 9.15 Å². The molecule has 1 amide bonds. The molecule has 8 heteroatoms. The fourth-order valence-corrected chi connectivity index (χ4v) is 5.78. The Hall–Kier alpha value is -3.39. The molecule has 0 radical (unpaired) electrons. The van der Waals surface area contributed by atoms with Crippen LogP contribution in [0.15, 0.2) is 52.9 Å². The SMILES string of the molecule is COc1cccc(-c2sc(C)nc2C(=O)N2C[C@H]3C[C@H]3[C@H]2CNc2nc3ccccc3o2)c1. The molecule has 2 aromatic heterocycles. The number of para-hydroxylation sites is 2. The zero-order chi connectivity index (χ0) is 22.5. The molecule has 3 heterocycles. The topological polar surface area (TPSA) is 80.5 Å². The van der Waals surface area contributed by atoms with Gasteiger partial charge in [0.05, 0.1) is 23.0 Å². The third-order valence-corrected chi connectivity index (χ3v) is 7.61. The average Bonchev–Trinajstić information content (AvgIpc) is 3.16. The quantitative estimate of drug-likeness (QED) is 0.443. The third kappa shape index (κ3) is 3.64. The maximum atomic E-state index is 13.7. The Morgan fingerprint density at radius 3 is 2.97 bits per heavy atom. The van der Waals surface area contributed by atoms with E-state index < -0.39 is 0 Å². The Labute approximate surface area is 195 Å². The number of carbonyl (C=O) groups excluding carboxylic acids is 1. The number of ether oxygens (including phenoxy) is 1. The van der Waals surface area contributed by atoms with Gasteiger partial charge < -0.3 is 19.4 Å². The van der Waals surface area contributed by atoms with Gasteiger partial charge in [-0.3, -0.25) is 4.79 Å². The Kier molecular flexibility index (Phi) is 4.83. The maximum Gasteiger partial charge on any atom is 0.295 e. The summed E-state index contributed by atoms with van der Waals surface area (Å²) in [5.41, 5.74) is 3.06. The minimum atomic E-state index is -0.00580. The van der Waals surface area contributed by atoms with E-state index in [1.54, 1.807) is 18.4 Å². The first kappa shape index (κ1) is 20.2. The van der Waals surface area contributed by atoms with Crippen molar-refractivity contribution < 1.29 is 13.9 Å². The van der Waals surface area contributed by atoms with Crippen molar-refractivity contribution in [3.63, 3.8) is 0 Å². The van der Waals surface area contributed by atoms with Crippen LogP contribution in [0.5, 0.6) is 5.75 Å². The number of oxazole rings is 1. The smallest absolute Gasteiger partial charge is 0.295 e. The molecular weight excluding hydrogens is 436 g/mol. The van der Waals surface area contributed by atoms with Gasteiger partial charge in [0, 0.05) is 13.1 Å². The summed E-state index contributed by atoms with van der Waals surface area (Å²) in [5, 5.41) is 4.21. The van der Waals surface area contributed by atoms with Crippen molar-refractivity contribution in [3.05, 3.63) is 59.2 Å². The van der Waals surface area contributed by atoms with Crippen molar-refractivity contribution in [3.8, 4) is 16.2 Å². The van der Waals surface area contributed by atoms with Crippen LogP contribution in [0, 0.1) is 18.8 Å². The molecule has 0 unspecified atom stereocenters. The van der Waals surface area contributed by atoms with Gasteiger partial charge in [-0.25, -0.2) is 4.98 Å². The number of carbonyl (C=O) groups is 1. The van der Waals surface area contributed by atoms with E-state index in [9.17, 15) is 4.79 Å². The van der Waals surface area contributed by atoms with Crippen molar-refractivity contribution in [2.24, 2.45) is 11.8 Å². The van der Waals surface area contributed by atoms with E-state index in [1.807, 2.05) is 60.4 Å². The van der Waals surface area contributed by atoms with E-state index in [0.717, 1.165) is 38.8 Å². The summed E-state index contributed by atoms with van der Waals surface area (Å²) in [6.45, 7) is 3.33. The van der Waals surface area contributed by atoms with Crippen LogP contribution in [0.2, 0.25) is 0 Å². The molecule has 1 aliphatic carbocycles. The molecule has 2 aromatic carbocycles. The zero-order valence-corrected chi connectivity index (χ0v) is 19.3. The van der Waals surface area contributed by atoms with Gasteiger partial charge >= 0.3 is 0 Å². The number of fused-ring (bicyclic) bond motifs is 2. The highest BCUT2D eigenvalue weighted by Crippen LogP contribution is 2.50. The number of nitrogens with one attached hydrogen (secondary N) is 1. The molecule has 168 valence electrons. The Balaban J connectivity index is 1.25. The predicted octanol–water partition coefficient (Wildman–Crippen LogP) is 4.84. The fourth-order valence-electron chi connectivity index (χ4n) is 4.87. The van der Waals surface area contributed by atoms with Crippen molar-refractivity contribution in [2.45, 2.75) is 19.4 Å². The summed E-state index contributed by atoms with van der Waals surface area (Å²) >= 11 is 1.54. The van der Waals surface area contributed by atoms with Gasteiger partial charge in [-0.15, -0.1) is 11.3 Å². The largest absolute Gasteiger partial charge is 0.497 e. The zero-order valence-electron chi connectivity index (χ0n) is 18.4. The highest BCUT2D eigenvalue weighted by atomic mass is 32.1. The second-order valence-electron chi connectivity index (χ2n) is 8.69. The summed E-state index contributed by atoms with van der Waals surface area (Å²) in [7, 11) is 1.65. The molecule has 1 saturated heterocycles. The Bertz CT molecular complexity index is 1310. The molecule has 3 atom stereocenters. The van der Waals surface area contributed by atoms with Crippen LogP contribution in [0.1, 0.15) is 21.9 Å². The number of hydrogen-bond acceptors (Lipinski definition) is 7. The number of rotatable bonds is 6. The summed E-state index contributed by atoms with van der Waals surface area (Å²) < 4.78 is 11.2. The van der Waals surface area contributed by atoms with Crippen molar-refractivity contribution in [2.75, 3.05) is 25.5 Å². The Morgan fingerprint density at radius 1 is 1.24 bits per heavy atom. The highest BCUT2D eigenvalue weighted by molar-refractivity contribution is 7.15. The first-order valence-corrected chi connectivity index (χ1v) is 11.9. The first-order chi connectivity index (χ1) is 16.1. The third-order valence-electron chi connectivity index (χ3n) is 6.59. The van der Waals surface area contributed by atoms with Gasteiger partial charge in [-0.2, -0.15) is 4.98 Å². The van der Waals surface area contributed by atoms with Gasteiger partial charge in [-0.05, 0) is 55.0 Å². The lowest BCUT2D eigenvalue weighted by Gasteiger charge is -2.27. The average molecular weight is 461 g/mol. The molecule has 0 spiro atoms. The fraction of sp³-hybridized carbons (Fsp3) is 0.320. The number of aryl methyl sites for hydroxylation is 1. The van der Waals surface area contributed by atoms with Crippen LogP contribution >= 0.6 is 11.3 Å². The molecule has 7 nitrogen and oxygen atoms in total. The van der Waals surface area contributed by atoms with Crippen LogP contribution < -0.4 is 10.1 Å². The number of likely N-dealkylation sites (tertiary alicyclic amines) is 1. The Morgan fingerprint density at radius 2 is 2.12 bits per heavy atom. The standard InChI is InChI=1S/C25H24N4O3S/c1-14-27-22(23(33-14)15-6-5-7-17(10-15)31-2)24(30)29-13-16-11-18(16)20(29)12-26-25-28-19-8-3-4-9-21(19)32-25/h3-10,16,18,20H,11-13H2,1-2H3,(H,26,28)/t16-,18-,20-/m1/s1. The number of hydrogen-bond donors (Lipinski definition) is 1. The van der Waals surface area contributed by atoms with E-state index in [0.29, 0.717) is 30.1 Å². The monoisotopic (exact) mass is 460 g/mol. The van der Waals surface area contributed by atoms with E-state index >= 15 is 0 Å². The molecule has 1 saturated carbocycles. The number of thiazole rings is 1. The minimum Gasteiger partial charge on any atom is -0.497 e. The number of nitrogens with zero attached hydrogens (tertiary/aromatic N) is 3. The number of aromatic nitrogens is 2. The number of anilines is 1. The van der Waals surface area contributed by atoms with Gasteiger partial charge in [0.2, 0.25) is 0 Å². The van der Waals surface area contributed by atoms with Gasteiger partial charge in [-0.1, -0.05) is 24.3 Å². The molecule has 2 aliphatic rings. The van der Waals surface area contributed by atoms with Crippen LogP contribution in [0.3, 0.4) is 0 Å². The number of amides is 1. The van der Waals surface area contributed by atoms with Crippen LogP contribution in [0.25, 0.3) is 21.5 Å². The van der Waals surface area contributed by atoms with E-state index in [1.165, 1.54) is 6.42 Å². The molecule has 1 aliphatic heterocycles. The molecular formula is C25H24N4O3S. The molecule has 4 aromatic rings. The molecule has 33 heavy (non-hydrogen) atoms.